The molecule has 0 atom stereocenters. The monoisotopic (exact) mass is 219 g/mol. The third-order valence-electron chi connectivity index (χ3n) is 2.17. The number of carbonyl (C=O) groups excluding carboxylic acids is 1. The van der Waals surface area contributed by atoms with Gasteiger partial charge in [0.1, 0.15) is 5.76 Å². The SMILES string of the molecule is Cn1cc(NC(=O)CCc2ccco2)cn1. The molecule has 0 aliphatic rings. The second-order valence-corrected chi connectivity index (χ2v) is 3.53. The van der Waals surface area contributed by atoms with Gasteiger partial charge in [0.05, 0.1) is 18.1 Å². The predicted octanol–water partition coefficient (Wildman–Crippen LogP) is 1.58. The highest BCUT2D eigenvalue weighted by Gasteiger charge is 2.05. The van der Waals surface area contributed by atoms with Crippen LogP contribution in [0.3, 0.4) is 0 Å². The molecule has 1 N–H and O–H groups in total. The first-order valence-corrected chi connectivity index (χ1v) is 5.05. The molecule has 16 heavy (non-hydrogen) atoms. The summed E-state index contributed by atoms with van der Waals surface area (Å²) in [6.45, 7) is 0. The van der Waals surface area contributed by atoms with Crippen LogP contribution in [0.15, 0.2) is 35.2 Å². The highest BCUT2D eigenvalue weighted by atomic mass is 16.3. The Morgan fingerprint density at radius 3 is 3.12 bits per heavy atom. The number of carbonyl (C=O) groups is 1. The van der Waals surface area contributed by atoms with Crippen LogP contribution in [0.2, 0.25) is 0 Å². The molecule has 0 bridgehead atoms. The zero-order valence-corrected chi connectivity index (χ0v) is 9.01. The van der Waals surface area contributed by atoms with Gasteiger partial charge in [-0.1, -0.05) is 0 Å². The van der Waals surface area contributed by atoms with Gasteiger partial charge in [-0.15, -0.1) is 0 Å². The predicted molar refractivity (Wildman–Crippen MR) is 58.9 cm³/mol. The van der Waals surface area contributed by atoms with Crippen LogP contribution >= 0.6 is 0 Å². The van der Waals surface area contributed by atoms with Crippen LogP contribution in [-0.2, 0) is 18.3 Å². The van der Waals surface area contributed by atoms with Gasteiger partial charge < -0.3 is 9.73 Å². The van der Waals surface area contributed by atoms with Gasteiger partial charge in [0, 0.05) is 26.1 Å². The summed E-state index contributed by atoms with van der Waals surface area (Å²) in [5, 5.41) is 6.72. The van der Waals surface area contributed by atoms with Crippen molar-refractivity contribution in [3.63, 3.8) is 0 Å². The lowest BCUT2D eigenvalue weighted by Gasteiger charge is -2.00. The lowest BCUT2D eigenvalue weighted by molar-refractivity contribution is -0.116. The fourth-order valence-electron chi connectivity index (χ4n) is 1.40. The van der Waals surface area contributed by atoms with E-state index < -0.39 is 0 Å². The molecule has 0 saturated carbocycles. The van der Waals surface area contributed by atoms with Gasteiger partial charge in [-0.3, -0.25) is 9.48 Å². The molecular formula is C11H13N3O2. The summed E-state index contributed by atoms with van der Waals surface area (Å²) in [5.74, 6) is 0.783. The summed E-state index contributed by atoms with van der Waals surface area (Å²) in [4.78, 5) is 11.5. The van der Waals surface area contributed by atoms with E-state index in [1.165, 1.54) is 0 Å². The molecule has 0 unspecified atom stereocenters. The van der Waals surface area contributed by atoms with Gasteiger partial charge in [-0.05, 0) is 12.1 Å². The molecule has 0 fully saturated rings. The molecule has 2 aromatic rings. The van der Waals surface area contributed by atoms with Crippen LogP contribution in [-0.4, -0.2) is 15.7 Å². The van der Waals surface area contributed by atoms with Gasteiger partial charge >= 0.3 is 0 Å². The highest BCUT2D eigenvalue weighted by molar-refractivity contribution is 5.90. The average molecular weight is 219 g/mol. The first-order chi connectivity index (χ1) is 7.74. The highest BCUT2D eigenvalue weighted by Crippen LogP contribution is 2.07. The topological polar surface area (TPSA) is 60.1 Å². The van der Waals surface area contributed by atoms with Gasteiger partial charge in [0.15, 0.2) is 0 Å². The number of anilines is 1. The fourth-order valence-corrected chi connectivity index (χ4v) is 1.40. The molecule has 2 rings (SSSR count). The fraction of sp³-hybridized carbons (Fsp3) is 0.273. The summed E-state index contributed by atoms with van der Waals surface area (Å²) in [7, 11) is 1.80. The number of amides is 1. The maximum Gasteiger partial charge on any atom is 0.224 e. The summed E-state index contributed by atoms with van der Waals surface area (Å²) in [5.41, 5.74) is 0.715. The van der Waals surface area contributed by atoms with Crippen molar-refractivity contribution >= 4 is 11.6 Å². The third kappa shape index (κ3) is 2.73. The van der Waals surface area contributed by atoms with Gasteiger partial charge in [0.25, 0.3) is 0 Å². The van der Waals surface area contributed by atoms with Crippen LogP contribution in [0, 0.1) is 0 Å². The van der Waals surface area contributed by atoms with Crippen molar-refractivity contribution in [2.24, 2.45) is 7.05 Å². The van der Waals surface area contributed by atoms with Crippen molar-refractivity contribution in [2.45, 2.75) is 12.8 Å². The molecule has 0 aromatic carbocycles. The van der Waals surface area contributed by atoms with Crippen molar-refractivity contribution in [1.82, 2.24) is 9.78 Å². The van der Waals surface area contributed by atoms with Crippen LogP contribution in [0.1, 0.15) is 12.2 Å². The number of aromatic nitrogens is 2. The lowest BCUT2D eigenvalue weighted by atomic mass is 10.2. The molecule has 0 radical (unpaired) electrons. The second-order valence-electron chi connectivity index (χ2n) is 3.53. The first-order valence-electron chi connectivity index (χ1n) is 5.05. The largest absolute Gasteiger partial charge is 0.469 e. The van der Waals surface area contributed by atoms with Crippen LogP contribution in [0.4, 0.5) is 5.69 Å². The number of nitrogens with one attached hydrogen (secondary N) is 1. The van der Waals surface area contributed by atoms with Crippen molar-refractivity contribution in [2.75, 3.05) is 5.32 Å². The van der Waals surface area contributed by atoms with Crippen molar-refractivity contribution < 1.29 is 9.21 Å². The zero-order valence-electron chi connectivity index (χ0n) is 9.01. The molecule has 0 aliphatic heterocycles. The summed E-state index contributed by atoms with van der Waals surface area (Å²) < 4.78 is 6.78. The molecule has 1 amide bonds. The zero-order chi connectivity index (χ0) is 11.4. The summed E-state index contributed by atoms with van der Waals surface area (Å²) >= 11 is 0. The van der Waals surface area contributed by atoms with E-state index in [0.717, 1.165) is 5.76 Å². The van der Waals surface area contributed by atoms with Gasteiger partial charge in [0.2, 0.25) is 5.91 Å². The Kier molecular flexibility index (Phi) is 3.05. The molecule has 0 saturated heterocycles. The van der Waals surface area contributed by atoms with E-state index in [1.54, 1.807) is 30.4 Å². The molecule has 0 aliphatic carbocycles. The second kappa shape index (κ2) is 4.65. The number of rotatable bonds is 4. The van der Waals surface area contributed by atoms with Crippen LogP contribution in [0.25, 0.3) is 0 Å². The van der Waals surface area contributed by atoms with Crippen molar-refractivity contribution in [3.8, 4) is 0 Å². The van der Waals surface area contributed by atoms with Gasteiger partial charge in [-0.25, -0.2) is 0 Å². The number of aryl methyl sites for hydroxylation is 2. The Morgan fingerprint density at radius 2 is 2.50 bits per heavy atom. The Bertz CT molecular complexity index is 459. The number of furan rings is 1. The first kappa shape index (κ1) is 10.5. The lowest BCUT2D eigenvalue weighted by Crippen LogP contribution is -2.11. The standard InChI is InChI=1S/C11H13N3O2/c1-14-8-9(7-12-14)13-11(15)5-4-10-3-2-6-16-10/h2-3,6-8H,4-5H2,1H3,(H,13,15). The normalized spacial score (nSPS) is 10.3. The summed E-state index contributed by atoms with van der Waals surface area (Å²) in [6, 6.07) is 3.67. The third-order valence-corrected chi connectivity index (χ3v) is 2.17. The minimum atomic E-state index is -0.0376. The molecule has 0 spiro atoms. The summed E-state index contributed by atoms with van der Waals surface area (Å²) in [6.07, 6.45) is 5.99. The Hall–Kier alpha value is -2.04. The van der Waals surface area contributed by atoms with Gasteiger partial charge in [-0.2, -0.15) is 5.10 Å². The quantitative estimate of drug-likeness (QED) is 0.849. The molecule has 5 nitrogen and oxygen atoms in total. The van der Waals surface area contributed by atoms with E-state index in [4.69, 9.17) is 4.42 Å². The molecule has 2 heterocycles. The van der Waals surface area contributed by atoms with E-state index in [0.29, 0.717) is 18.5 Å². The van der Waals surface area contributed by atoms with Crippen molar-refractivity contribution in [1.29, 1.82) is 0 Å². The Balaban J connectivity index is 1.81. The number of hydrogen-bond acceptors (Lipinski definition) is 3. The smallest absolute Gasteiger partial charge is 0.224 e. The van der Waals surface area contributed by atoms with Crippen LogP contribution < -0.4 is 5.32 Å². The molecular weight excluding hydrogens is 206 g/mol. The maximum absolute atomic E-state index is 11.5. The van der Waals surface area contributed by atoms with E-state index in [-0.39, 0.29) is 5.91 Å². The Morgan fingerprint density at radius 1 is 1.62 bits per heavy atom. The van der Waals surface area contributed by atoms with E-state index in [1.807, 2.05) is 12.1 Å². The number of nitrogens with zero attached hydrogens (tertiary/aromatic N) is 2. The molecule has 84 valence electrons. The van der Waals surface area contributed by atoms with E-state index in [2.05, 4.69) is 10.4 Å². The minimum Gasteiger partial charge on any atom is -0.469 e. The molecule has 5 heteroatoms. The number of hydrogen-bond donors (Lipinski definition) is 1. The van der Waals surface area contributed by atoms with E-state index in [9.17, 15) is 4.79 Å². The van der Waals surface area contributed by atoms with Crippen LogP contribution in [0.5, 0.6) is 0 Å². The van der Waals surface area contributed by atoms with E-state index >= 15 is 0 Å². The maximum atomic E-state index is 11.5. The average Bonchev–Trinajstić information content (AvgIpc) is 2.87. The Labute approximate surface area is 93.1 Å². The molecule has 2 aromatic heterocycles. The van der Waals surface area contributed by atoms with Crippen molar-refractivity contribution in [3.05, 3.63) is 36.5 Å². The minimum absolute atomic E-state index is 0.0376.